The van der Waals surface area contributed by atoms with Crippen LogP contribution in [0.1, 0.15) is 52.1 Å². The fourth-order valence-electron chi connectivity index (χ4n) is 2.89. The number of benzene rings is 1. The molecule has 1 unspecified atom stereocenters. The molecule has 0 aromatic heterocycles. The number of halogens is 1. The van der Waals surface area contributed by atoms with E-state index < -0.39 is 5.60 Å². The zero-order valence-electron chi connectivity index (χ0n) is 13.8. The van der Waals surface area contributed by atoms with Crippen molar-refractivity contribution in [3.63, 3.8) is 0 Å². The van der Waals surface area contributed by atoms with Crippen LogP contribution in [0.2, 0.25) is 0 Å². The molecule has 0 fully saturated rings. The van der Waals surface area contributed by atoms with E-state index in [4.69, 9.17) is 9.47 Å². The van der Waals surface area contributed by atoms with Crippen LogP contribution in [0.15, 0.2) is 18.2 Å². The number of nitrogens with one attached hydrogen (secondary N) is 1. The fraction of sp³-hybridized carbons (Fsp3) is 0.647. The lowest BCUT2D eigenvalue weighted by Gasteiger charge is -2.40. The molecule has 0 saturated carbocycles. The minimum atomic E-state index is -0.403. The maximum atomic E-state index is 14.5. The van der Waals surface area contributed by atoms with Crippen LogP contribution in [0.25, 0.3) is 0 Å². The highest BCUT2D eigenvalue weighted by Gasteiger charge is 2.38. The van der Waals surface area contributed by atoms with Crippen molar-refractivity contribution in [3.05, 3.63) is 29.6 Å². The number of hydrogen-bond donors (Lipinski definition) is 1. The molecule has 120 valence electrons. The van der Waals surface area contributed by atoms with Crippen molar-refractivity contribution in [2.45, 2.75) is 52.2 Å². The molecule has 0 heterocycles. The van der Waals surface area contributed by atoms with Gasteiger partial charge in [-0.2, -0.15) is 0 Å². The van der Waals surface area contributed by atoms with E-state index in [0.29, 0.717) is 17.9 Å². The van der Waals surface area contributed by atoms with E-state index in [-0.39, 0.29) is 11.9 Å². The van der Waals surface area contributed by atoms with Crippen LogP contribution in [0.4, 0.5) is 4.39 Å². The summed E-state index contributed by atoms with van der Waals surface area (Å²) in [6, 6.07) is 4.84. The summed E-state index contributed by atoms with van der Waals surface area (Å²) in [6.07, 6.45) is 1.64. The largest absolute Gasteiger partial charge is 0.497 e. The zero-order valence-corrected chi connectivity index (χ0v) is 13.8. The quantitative estimate of drug-likeness (QED) is 0.745. The molecule has 1 atom stereocenters. The Morgan fingerprint density at radius 3 is 2.29 bits per heavy atom. The lowest BCUT2D eigenvalue weighted by Crippen LogP contribution is -2.46. The summed E-state index contributed by atoms with van der Waals surface area (Å²) < 4.78 is 25.6. The summed E-state index contributed by atoms with van der Waals surface area (Å²) in [5, 5.41) is 3.40. The van der Waals surface area contributed by atoms with Crippen molar-refractivity contribution >= 4 is 0 Å². The smallest absolute Gasteiger partial charge is 0.131 e. The molecule has 4 heteroatoms. The maximum absolute atomic E-state index is 14.5. The molecule has 1 aromatic carbocycles. The highest BCUT2D eigenvalue weighted by molar-refractivity contribution is 5.32. The number of likely N-dealkylation sites (N-methyl/N-ethyl adjacent to an activating group) is 1. The first-order chi connectivity index (χ1) is 10.1. The van der Waals surface area contributed by atoms with Crippen LogP contribution in [-0.4, -0.2) is 25.9 Å². The monoisotopic (exact) mass is 297 g/mol. The van der Waals surface area contributed by atoms with Crippen molar-refractivity contribution in [3.8, 4) is 5.75 Å². The van der Waals surface area contributed by atoms with Gasteiger partial charge in [0.15, 0.2) is 0 Å². The molecule has 1 aromatic rings. The van der Waals surface area contributed by atoms with Crippen LogP contribution in [0.5, 0.6) is 5.75 Å². The molecule has 0 saturated heterocycles. The predicted molar refractivity (Wildman–Crippen MR) is 84.3 cm³/mol. The van der Waals surface area contributed by atoms with Gasteiger partial charge in [-0.25, -0.2) is 4.39 Å². The predicted octanol–water partition coefficient (Wildman–Crippen LogP) is 4.08. The first kappa shape index (κ1) is 17.9. The van der Waals surface area contributed by atoms with Gasteiger partial charge in [0.1, 0.15) is 11.6 Å². The third kappa shape index (κ3) is 3.95. The highest BCUT2D eigenvalue weighted by Crippen LogP contribution is 2.37. The molecule has 0 aliphatic rings. The van der Waals surface area contributed by atoms with E-state index in [1.54, 1.807) is 19.2 Å². The normalized spacial score (nSPS) is 13.2. The molecule has 0 bridgehead atoms. The lowest BCUT2D eigenvalue weighted by molar-refractivity contribution is -0.0737. The molecule has 0 aliphatic carbocycles. The van der Waals surface area contributed by atoms with Gasteiger partial charge in [-0.15, -0.1) is 0 Å². The number of ether oxygens (including phenoxy) is 2. The molecule has 0 amide bonds. The molecule has 0 radical (unpaired) electrons. The highest BCUT2D eigenvalue weighted by atomic mass is 19.1. The average molecular weight is 297 g/mol. The Labute approximate surface area is 127 Å². The van der Waals surface area contributed by atoms with Crippen LogP contribution in [0.3, 0.4) is 0 Å². The third-order valence-corrected chi connectivity index (χ3v) is 4.08. The zero-order chi connectivity index (χ0) is 15.9. The van der Waals surface area contributed by atoms with E-state index in [1.807, 2.05) is 13.8 Å². The van der Waals surface area contributed by atoms with Gasteiger partial charge < -0.3 is 14.8 Å². The van der Waals surface area contributed by atoms with Gasteiger partial charge in [-0.3, -0.25) is 0 Å². The molecule has 3 nitrogen and oxygen atoms in total. The molecule has 0 aliphatic heterocycles. The van der Waals surface area contributed by atoms with Gasteiger partial charge in [-0.05, 0) is 32.4 Å². The second-order valence-corrected chi connectivity index (χ2v) is 5.08. The second kappa shape index (κ2) is 8.35. The molecule has 0 spiro atoms. The Balaban J connectivity index is 3.26. The molecule has 1 N–H and O–H groups in total. The van der Waals surface area contributed by atoms with Gasteiger partial charge in [0.05, 0.1) is 18.8 Å². The SMILES string of the molecule is CCNC(c1ccc(OC)cc1F)C(CC)(CC)OCC. The summed E-state index contributed by atoms with van der Waals surface area (Å²) in [7, 11) is 1.54. The van der Waals surface area contributed by atoms with Gasteiger partial charge in [0, 0.05) is 18.2 Å². The van der Waals surface area contributed by atoms with Crippen molar-refractivity contribution in [1.29, 1.82) is 0 Å². The van der Waals surface area contributed by atoms with E-state index in [1.165, 1.54) is 6.07 Å². The molecular formula is C17H28FNO2. The Kier molecular flexibility index (Phi) is 7.12. The Morgan fingerprint density at radius 2 is 1.86 bits per heavy atom. The number of rotatable bonds is 9. The Morgan fingerprint density at radius 1 is 1.19 bits per heavy atom. The van der Waals surface area contributed by atoms with Gasteiger partial charge in [0.25, 0.3) is 0 Å². The summed E-state index contributed by atoms with van der Waals surface area (Å²) in [6.45, 7) is 9.55. The third-order valence-electron chi connectivity index (χ3n) is 4.08. The Bertz CT molecular complexity index is 433. The molecular weight excluding hydrogens is 269 g/mol. The van der Waals surface area contributed by atoms with Gasteiger partial charge >= 0.3 is 0 Å². The minimum Gasteiger partial charge on any atom is -0.497 e. The average Bonchev–Trinajstić information content (AvgIpc) is 2.51. The molecule has 21 heavy (non-hydrogen) atoms. The van der Waals surface area contributed by atoms with Crippen LogP contribution >= 0.6 is 0 Å². The van der Waals surface area contributed by atoms with Crippen molar-refractivity contribution in [1.82, 2.24) is 5.32 Å². The summed E-state index contributed by atoms with van der Waals surface area (Å²) in [4.78, 5) is 0. The summed E-state index contributed by atoms with van der Waals surface area (Å²) in [5.74, 6) is 0.271. The van der Waals surface area contributed by atoms with E-state index in [9.17, 15) is 4.39 Å². The van der Waals surface area contributed by atoms with Gasteiger partial charge in [-0.1, -0.05) is 26.8 Å². The Hall–Kier alpha value is -1.13. The van der Waals surface area contributed by atoms with Crippen LogP contribution < -0.4 is 10.1 Å². The van der Waals surface area contributed by atoms with Crippen molar-refractivity contribution in [2.75, 3.05) is 20.3 Å². The molecule has 1 rings (SSSR count). The first-order valence-electron chi connectivity index (χ1n) is 7.79. The number of hydrogen-bond acceptors (Lipinski definition) is 3. The fourth-order valence-corrected chi connectivity index (χ4v) is 2.89. The topological polar surface area (TPSA) is 30.5 Å². The van der Waals surface area contributed by atoms with E-state index in [0.717, 1.165) is 19.4 Å². The summed E-state index contributed by atoms with van der Waals surface area (Å²) in [5.41, 5.74) is 0.231. The lowest BCUT2D eigenvalue weighted by atomic mass is 9.83. The number of methoxy groups -OCH3 is 1. The van der Waals surface area contributed by atoms with E-state index >= 15 is 0 Å². The summed E-state index contributed by atoms with van der Waals surface area (Å²) >= 11 is 0. The van der Waals surface area contributed by atoms with Crippen molar-refractivity contribution in [2.24, 2.45) is 0 Å². The minimum absolute atomic E-state index is 0.177. The second-order valence-electron chi connectivity index (χ2n) is 5.08. The maximum Gasteiger partial charge on any atom is 0.131 e. The van der Waals surface area contributed by atoms with Crippen LogP contribution in [-0.2, 0) is 4.74 Å². The van der Waals surface area contributed by atoms with Crippen molar-refractivity contribution < 1.29 is 13.9 Å². The standard InChI is InChI=1S/C17H28FNO2/c1-6-17(7-2,21-9-4)16(19-8-3)14-11-10-13(20-5)12-15(14)18/h10-12,16,19H,6-9H2,1-5H3. The van der Waals surface area contributed by atoms with Gasteiger partial charge in [0.2, 0.25) is 0 Å². The van der Waals surface area contributed by atoms with E-state index in [2.05, 4.69) is 19.2 Å². The van der Waals surface area contributed by atoms with Crippen LogP contribution in [0, 0.1) is 5.82 Å². The first-order valence-corrected chi connectivity index (χ1v) is 7.79.